The fourth-order valence-electron chi connectivity index (χ4n) is 1.30. The van der Waals surface area contributed by atoms with Gasteiger partial charge >= 0.3 is 0 Å². The second-order valence-corrected chi connectivity index (χ2v) is 3.36. The monoisotopic (exact) mass is 234 g/mol. The van der Waals surface area contributed by atoms with E-state index >= 15 is 0 Å². The van der Waals surface area contributed by atoms with Crippen LogP contribution >= 0.6 is 0 Å². The van der Waals surface area contributed by atoms with E-state index in [4.69, 9.17) is 0 Å². The van der Waals surface area contributed by atoms with Crippen LogP contribution in [0.3, 0.4) is 0 Å². The SMILES string of the molecule is CC(=O)Nc1nc(NC(C)=O)c2[nH]cnc2n1. The summed E-state index contributed by atoms with van der Waals surface area (Å²) < 4.78 is 0. The summed E-state index contributed by atoms with van der Waals surface area (Å²) in [6.45, 7) is 2.71. The van der Waals surface area contributed by atoms with Crippen LogP contribution in [0.4, 0.5) is 11.8 Å². The van der Waals surface area contributed by atoms with E-state index in [0.29, 0.717) is 11.2 Å². The fourth-order valence-corrected chi connectivity index (χ4v) is 1.30. The number of imidazole rings is 1. The highest BCUT2D eigenvalue weighted by Gasteiger charge is 2.11. The van der Waals surface area contributed by atoms with Crippen LogP contribution < -0.4 is 10.6 Å². The highest BCUT2D eigenvalue weighted by atomic mass is 16.2. The van der Waals surface area contributed by atoms with Gasteiger partial charge in [-0.1, -0.05) is 0 Å². The van der Waals surface area contributed by atoms with Crippen LogP contribution in [0, 0.1) is 0 Å². The molecule has 0 spiro atoms. The summed E-state index contributed by atoms with van der Waals surface area (Å²) in [7, 11) is 0. The zero-order valence-corrected chi connectivity index (χ0v) is 9.24. The van der Waals surface area contributed by atoms with Crippen molar-refractivity contribution in [1.29, 1.82) is 0 Å². The van der Waals surface area contributed by atoms with Crippen molar-refractivity contribution in [2.45, 2.75) is 13.8 Å². The Hall–Kier alpha value is -2.51. The van der Waals surface area contributed by atoms with Gasteiger partial charge in [-0.2, -0.15) is 9.97 Å². The summed E-state index contributed by atoms with van der Waals surface area (Å²) in [6.07, 6.45) is 1.43. The second kappa shape index (κ2) is 4.16. The molecule has 2 aromatic rings. The number of nitrogens with zero attached hydrogens (tertiary/aromatic N) is 3. The van der Waals surface area contributed by atoms with Crippen molar-refractivity contribution in [2.75, 3.05) is 10.6 Å². The van der Waals surface area contributed by atoms with Gasteiger partial charge in [0.2, 0.25) is 17.8 Å². The van der Waals surface area contributed by atoms with Crippen molar-refractivity contribution in [3.63, 3.8) is 0 Å². The zero-order valence-electron chi connectivity index (χ0n) is 9.24. The lowest BCUT2D eigenvalue weighted by Gasteiger charge is -2.05. The lowest BCUT2D eigenvalue weighted by molar-refractivity contribution is -0.115. The van der Waals surface area contributed by atoms with Gasteiger partial charge in [-0.05, 0) is 0 Å². The normalized spacial score (nSPS) is 10.2. The van der Waals surface area contributed by atoms with Crippen LogP contribution in [-0.2, 0) is 9.59 Å². The number of carbonyl (C=O) groups is 2. The molecule has 8 heteroatoms. The highest BCUT2D eigenvalue weighted by molar-refractivity contribution is 5.97. The van der Waals surface area contributed by atoms with Crippen molar-refractivity contribution in [3.8, 4) is 0 Å². The fraction of sp³-hybridized carbons (Fsp3) is 0.222. The van der Waals surface area contributed by atoms with E-state index in [1.54, 1.807) is 0 Å². The summed E-state index contributed by atoms with van der Waals surface area (Å²) in [6, 6.07) is 0. The first-order valence-corrected chi connectivity index (χ1v) is 4.82. The van der Waals surface area contributed by atoms with Crippen LogP contribution in [0.25, 0.3) is 11.2 Å². The number of aromatic amines is 1. The standard InChI is InChI=1S/C9H10N6O2/c1-4(16)12-8-6-7(11-3-10-6)14-9(15-8)13-5(2)17/h3H,1-2H3,(H3,10,11,12,13,14,15,16,17). The van der Waals surface area contributed by atoms with Gasteiger partial charge in [-0.15, -0.1) is 0 Å². The molecule has 88 valence electrons. The quantitative estimate of drug-likeness (QED) is 0.690. The first-order chi connectivity index (χ1) is 8.06. The molecule has 3 N–H and O–H groups in total. The Morgan fingerprint density at radius 3 is 2.53 bits per heavy atom. The molecule has 2 amide bonds. The topological polar surface area (TPSA) is 113 Å². The summed E-state index contributed by atoms with van der Waals surface area (Å²) in [5.41, 5.74) is 0.877. The predicted molar refractivity (Wildman–Crippen MR) is 60.3 cm³/mol. The molecule has 0 unspecified atom stereocenters. The van der Waals surface area contributed by atoms with Crippen molar-refractivity contribution in [1.82, 2.24) is 19.9 Å². The van der Waals surface area contributed by atoms with E-state index in [0.717, 1.165) is 0 Å². The maximum Gasteiger partial charge on any atom is 0.233 e. The Bertz CT molecular complexity index is 590. The number of hydrogen-bond acceptors (Lipinski definition) is 5. The van der Waals surface area contributed by atoms with Gasteiger partial charge in [0.05, 0.1) is 6.33 Å². The Kier molecular flexibility index (Phi) is 2.69. The second-order valence-electron chi connectivity index (χ2n) is 3.36. The van der Waals surface area contributed by atoms with E-state index in [2.05, 4.69) is 30.6 Å². The highest BCUT2D eigenvalue weighted by Crippen LogP contribution is 2.18. The molecule has 0 bridgehead atoms. The van der Waals surface area contributed by atoms with Crippen LogP contribution in [0.15, 0.2) is 6.33 Å². The molecular weight excluding hydrogens is 224 g/mol. The van der Waals surface area contributed by atoms with Crippen LogP contribution in [0.2, 0.25) is 0 Å². The summed E-state index contributed by atoms with van der Waals surface area (Å²) >= 11 is 0. The number of nitrogens with one attached hydrogen (secondary N) is 3. The third-order valence-corrected chi connectivity index (χ3v) is 1.87. The van der Waals surface area contributed by atoms with Crippen molar-refractivity contribution in [2.24, 2.45) is 0 Å². The number of anilines is 2. The van der Waals surface area contributed by atoms with Crippen molar-refractivity contribution < 1.29 is 9.59 Å². The summed E-state index contributed by atoms with van der Waals surface area (Å²) in [5, 5.41) is 4.97. The number of rotatable bonds is 2. The van der Waals surface area contributed by atoms with Gasteiger partial charge in [0.25, 0.3) is 0 Å². The lowest BCUT2D eigenvalue weighted by atomic mass is 10.4. The molecule has 0 aliphatic carbocycles. The largest absolute Gasteiger partial charge is 0.340 e. The van der Waals surface area contributed by atoms with Gasteiger partial charge in [0.1, 0.15) is 5.52 Å². The molecule has 0 aliphatic heterocycles. The molecule has 0 saturated heterocycles. The van der Waals surface area contributed by atoms with Gasteiger partial charge < -0.3 is 10.3 Å². The molecule has 2 heterocycles. The lowest BCUT2D eigenvalue weighted by Crippen LogP contribution is -2.13. The molecule has 2 rings (SSSR count). The first-order valence-electron chi connectivity index (χ1n) is 4.82. The van der Waals surface area contributed by atoms with Crippen LogP contribution in [-0.4, -0.2) is 31.8 Å². The minimum atomic E-state index is -0.298. The number of hydrogen-bond donors (Lipinski definition) is 3. The van der Waals surface area contributed by atoms with Crippen molar-refractivity contribution in [3.05, 3.63) is 6.33 Å². The van der Waals surface area contributed by atoms with Crippen LogP contribution in [0.5, 0.6) is 0 Å². The molecule has 0 atom stereocenters. The Balaban J connectivity index is 2.50. The molecule has 0 aromatic carbocycles. The van der Waals surface area contributed by atoms with Gasteiger partial charge in [-0.25, -0.2) is 4.98 Å². The average molecular weight is 234 g/mol. The van der Waals surface area contributed by atoms with E-state index in [-0.39, 0.29) is 23.6 Å². The predicted octanol–water partition coefficient (Wildman–Crippen LogP) is 0.270. The smallest absolute Gasteiger partial charge is 0.233 e. The molecule has 8 nitrogen and oxygen atoms in total. The zero-order chi connectivity index (χ0) is 12.4. The maximum atomic E-state index is 11.0. The molecule has 0 radical (unpaired) electrons. The molecule has 2 aromatic heterocycles. The van der Waals surface area contributed by atoms with E-state index in [1.807, 2.05) is 0 Å². The van der Waals surface area contributed by atoms with E-state index in [1.165, 1.54) is 20.2 Å². The average Bonchev–Trinajstić information content (AvgIpc) is 2.63. The van der Waals surface area contributed by atoms with Gasteiger partial charge in [-0.3, -0.25) is 14.9 Å². The molecular formula is C9H10N6O2. The summed E-state index contributed by atoms with van der Waals surface area (Å²) in [4.78, 5) is 36.7. The maximum absolute atomic E-state index is 11.0. The Morgan fingerprint density at radius 1 is 1.18 bits per heavy atom. The minimum absolute atomic E-state index is 0.0980. The first kappa shape index (κ1) is 11.0. The third-order valence-electron chi connectivity index (χ3n) is 1.87. The third kappa shape index (κ3) is 2.36. The Morgan fingerprint density at radius 2 is 1.88 bits per heavy atom. The summed E-state index contributed by atoms with van der Waals surface area (Å²) in [5.74, 6) is -0.188. The van der Waals surface area contributed by atoms with Crippen LogP contribution in [0.1, 0.15) is 13.8 Å². The number of carbonyl (C=O) groups excluding carboxylic acids is 2. The number of aromatic nitrogens is 4. The van der Waals surface area contributed by atoms with Gasteiger partial charge in [0, 0.05) is 13.8 Å². The van der Waals surface area contributed by atoms with Crippen molar-refractivity contribution >= 4 is 34.7 Å². The molecule has 0 fully saturated rings. The molecule has 0 saturated carbocycles. The van der Waals surface area contributed by atoms with Gasteiger partial charge in [0.15, 0.2) is 11.5 Å². The number of amides is 2. The Labute approximate surface area is 95.9 Å². The number of fused-ring (bicyclic) bond motifs is 1. The molecule has 17 heavy (non-hydrogen) atoms. The van der Waals surface area contributed by atoms with E-state index < -0.39 is 0 Å². The molecule has 0 aliphatic rings. The minimum Gasteiger partial charge on any atom is -0.340 e. The number of H-pyrrole nitrogens is 1. The van der Waals surface area contributed by atoms with E-state index in [9.17, 15) is 9.59 Å².